The summed E-state index contributed by atoms with van der Waals surface area (Å²) in [6, 6.07) is 6.57. The molecule has 1 N–H and O–H groups in total. The maximum Gasteiger partial charge on any atom is 0.345 e. The molecule has 0 aliphatic carbocycles. The number of nitrogens with zero attached hydrogens (tertiary/aromatic N) is 1. The summed E-state index contributed by atoms with van der Waals surface area (Å²) < 4.78 is 31.0. The number of hydrogen-bond acceptors (Lipinski definition) is 5. The summed E-state index contributed by atoms with van der Waals surface area (Å²) in [6.07, 6.45) is 0. The number of nitro groups is 1. The van der Waals surface area contributed by atoms with E-state index in [1.807, 2.05) is 0 Å². The first-order valence-corrected chi connectivity index (χ1v) is 6.95. The smallest absolute Gasteiger partial charge is 0.345 e. The lowest BCUT2D eigenvalue weighted by Crippen LogP contribution is -2.22. The molecule has 25 heavy (non-hydrogen) atoms. The van der Waals surface area contributed by atoms with Crippen molar-refractivity contribution in [3.05, 3.63) is 69.3 Å². The van der Waals surface area contributed by atoms with Crippen molar-refractivity contribution in [1.29, 1.82) is 0 Å². The quantitative estimate of drug-likeness (QED) is 0.508. The van der Waals surface area contributed by atoms with Gasteiger partial charge in [-0.3, -0.25) is 14.9 Å². The maximum absolute atomic E-state index is 13.4. The minimum Gasteiger partial charge on any atom is -0.452 e. The highest BCUT2D eigenvalue weighted by Crippen LogP contribution is 2.22. The van der Waals surface area contributed by atoms with Gasteiger partial charge in [0.2, 0.25) is 0 Å². The van der Waals surface area contributed by atoms with Crippen LogP contribution in [0.1, 0.15) is 15.9 Å². The third kappa shape index (κ3) is 4.34. The topological polar surface area (TPSA) is 98.5 Å². The van der Waals surface area contributed by atoms with Crippen molar-refractivity contribution in [2.24, 2.45) is 0 Å². The van der Waals surface area contributed by atoms with Crippen LogP contribution < -0.4 is 5.32 Å². The third-order valence-corrected chi connectivity index (χ3v) is 3.19. The molecule has 0 unspecified atom stereocenters. The van der Waals surface area contributed by atoms with Crippen LogP contribution in [-0.4, -0.2) is 23.4 Å². The van der Waals surface area contributed by atoms with E-state index in [2.05, 4.69) is 5.32 Å². The third-order valence-electron chi connectivity index (χ3n) is 3.19. The predicted octanol–water partition coefficient (Wildman–Crippen LogP) is 2.98. The molecule has 130 valence electrons. The fourth-order valence-electron chi connectivity index (χ4n) is 2.05. The van der Waals surface area contributed by atoms with Crippen LogP contribution in [0.3, 0.4) is 0 Å². The Morgan fingerprint density at radius 2 is 1.96 bits per heavy atom. The molecule has 0 heterocycles. The van der Waals surface area contributed by atoms with Crippen LogP contribution in [0.5, 0.6) is 0 Å². The van der Waals surface area contributed by atoms with Crippen molar-refractivity contribution in [2.75, 3.05) is 11.9 Å². The number of benzene rings is 2. The van der Waals surface area contributed by atoms with Crippen molar-refractivity contribution >= 4 is 23.3 Å². The maximum atomic E-state index is 13.4. The Labute approximate surface area is 140 Å². The Morgan fingerprint density at radius 1 is 1.24 bits per heavy atom. The highest BCUT2D eigenvalue weighted by atomic mass is 19.1. The minimum atomic E-state index is -1.06. The SMILES string of the molecule is Cc1cccc([N+](=O)[O-])c1C(=O)OCC(=O)Nc1ccc(F)cc1F. The molecular weight excluding hydrogens is 338 g/mol. The zero-order chi connectivity index (χ0) is 18.6. The minimum absolute atomic E-state index is 0.270. The summed E-state index contributed by atoms with van der Waals surface area (Å²) in [5.74, 6) is -3.74. The molecule has 0 aromatic heterocycles. The second kappa shape index (κ2) is 7.47. The first-order valence-electron chi connectivity index (χ1n) is 6.95. The van der Waals surface area contributed by atoms with E-state index in [1.165, 1.54) is 19.1 Å². The van der Waals surface area contributed by atoms with Gasteiger partial charge in [-0.05, 0) is 24.6 Å². The molecule has 9 heteroatoms. The second-order valence-corrected chi connectivity index (χ2v) is 4.97. The van der Waals surface area contributed by atoms with Gasteiger partial charge in [0.05, 0.1) is 10.6 Å². The first-order chi connectivity index (χ1) is 11.8. The number of anilines is 1. The summed E-state index contributed by atoms with van der Waals surface area (Å²) in [5.41, 5.74) is -0.697. The number of hydrogen-bond donors (Lipinski definition) is 1. The van der Waals surface area contributed by atoms with Crippen molar-refractivity contribution in [3.63, 3.8) is 0 Å². The number of nitrogens with one attached hydrogen (secondary N) is 1. The highest BCUT2D eigenvalue weighted by Gasteiger charge is 2.24. The molecule has 0 radical (unpaired) electrons. The fourth-order valence-corrected chi connectivity index (χ4v) is 2.05. The van der Waals surface area contributed by atoms with Crippen LogP contribution in [0.4, 0.5) is 20.2 Å². The number of amides is 1. The molecule has 0 saturated heterocycles. The summed E-state index contributed by atoms with van der Waals surface area (Å²) >= 11 is 0. The first kappa shape index (κ1) is 18.0. The summed E-state index contributed by atoms with van der Waals surface area (Å²) in [4.78, 5) is 34.0. The normalized spacial score (nSPS) is 10.2. The van der Waals surface area contributed by atoms with Crippen LogP contribution in [0.2, 0.25) is 0 Å². The summed E-state index contributed by atoms with van der Waals surface area (Å²) in [5, 5.41) is 13.1. The van der Waals surface area contributed by atoms with Gasteiger partial charge in [0.1, 0.15) is 17.2 Å². The molecule has 0 aliphatic rings. The van der Waals surface area contributed by atoms with Crippen molar-refractivity contribution < 1.29 is 28.0 Å². The van der Waals surface area contributed by atoms with Crippen LogP contribution in [0.15, 0.2) is 36.4 Å². The lowest BCUT2D eigenvalue weighted by Gasteiger charge is -2.09. The predicted molar refractivity (Wildman–Crippen MR) is 83.1 cm³/mol. The van der Waals surface area contributed by atoms with Gasteiger partial charge < -0.3 is 10.1 Å². The molecule has 2 rings (SSSR count). The van der Waals surface area contributed by atoms with E-state index < -0.39 is 40.7 Å². The largest absolute Gasteiger partial charge is 0.452 e. The molecule has 7 nitrogen and oxygen atoms in total. The zero-order valence-corrected chi connectivity index (χ0v) is 12.9. The molecular formula is C16H12F2N2O5. The number of ether oxygens (including phenoxy) is 1. The van der Waals surface area contributed by atoms with E-state index in [1.54, 1.807) is 0 Å². The molecule has 0 atom stereocenters. The highest BCUT2D eigenvalue weighted by molar-refractivity contribution is 5.98. The van der Waals surface area contributed by atoms with Gasteiger partial charge in [-0.2, -0.15) is 0 Å². The molecule has 2 aromatic rings. The van der Waals surface area contributed by atoms with Gasteiger partial charge in [0, 0.05) is 12.1 Å². The number of carbonyl (C=O) groups is 2. The van der Waals surface area contributed by atoms with Crippen LogP contribution in [0, 0.1) is 28.7 Å². The second-order valence-electron chi connectivity index (χ2n) is 4.97. The van der Waals surface area contributed by atoms with Gasteiger partial charge in [0.15, 0.2) is 6.61 Å². The summed E-state index contributed by atoms with van der Waals surface area (Å²) in [7, 11) is 0. The van der Waals surface area contributed by atoms with E-state index in [0.29, 0.717) is 11.6 Å². The van der Waals surface area contributed by atoms with Gasteiger partial charge >= 0.3 is 5.97 Å². The zero-order valence-electron chi connectivity index (χ0n) is 12.9. The number of aryl methyl sites for hydroxylation is 1. The van der Waals surface area contributed by atoms with Crippen LogP contribution >= 0.6 is 0 Å². The van der Waals surface area contributed by atoms with Gasteiger partial charge in [-0.25, -0.2) is 13.6 Å². The summed E-state index contributed by atoms with van der Waals surface area (Å²) in [6.45, 7) is 0.693. The Hall–Kier alpha value is -3.36. The molecule has 0 spiro atoms. The van der Waals surface area contributed by atoms with E-state index >= 15 is 0 Å². The number of nitro benzene ring substituents is 1. The van der Waals surface area contributed by atoms with Gasteiger partial charge in [-0.15, -0.1) is 0 Å². The Morgan fingerprint density at radius 3 is 2.60 bits per heavy atom. The molecule has 0 fully saturated rings. The average molecular weight is 350 g/mol. The lowest BCUT2D eigenvalue weighted by molar-refractivity contribution is -0.385. The lowest BCUT2D eigenvalue weighted by atomic mass is 10.1. The van der Waals surface area contributed by atoms with Gasteiger partial charge in [-0.1, -0.05) is 12.1 Å². The molecule has 0 saturated carbocycles. The number of carbonyl (C=O) groups excluding carboxylic acids is 2. The molecule has 2 aromatic carbocycles. The van der Waals surface area contributed by atoms with E-state index in [-0.39, 0.29) is 11.3 Å². The molecule has 0 bridgehead atoms. The van der Waals surface area contributed by atoms with Crippen LogP contribution in [-0.2, 0) is 9.53 Å². The van der Waals surface area contributed by atoms with Crippen molar-refractivity contribution in [2.45, 2.75) is 6.92 Å². The van der Waals surface area contributed by atoms with Crippen molar-refractivity contribution in [3.8, 4) is 0 Å². The average Bonchev–Trinajstić information content (AvgIpc) is 2.55. The standard InChI is InChI=1S/C16H12F2N2O5/c1-9-3-2-4-13(20(23)24)15(9)16(22)25-8-14(21)19-12-6-5-10(17)7-11(12)18/h2-7H,8H2,1H3,(H,19,21). The Balaban J connectivity index is 2.05. The number of rotatable bonds is 5. The fraction of sp³-hybridized carbons (Fsp3) is 0.125. The number of esters is 1. The van der Waals surface area contributed by atoms with Gasteiger partial charge in [0.25, 0.3) is 11.6 Å². The molecule has 1 amide bonds. The van der Waals surface area contributed by atoms with E-state index in [4.69, 9.17) is 4.74 Å². The molecule has 0 aliphatic heterocycles. The Bertz CT molecular complexity index is 854. The monoisotopic (exact) mass is 350 g/mol. The van der Waals surface area contributed by atoms with Crippen molar-refractivity contribution in [1.82, 2.24) is 0 Å². The van der Waals surface area contributed by atoms with Crippen LogP contribution in [0.25, 0.3) is 0 Å². The van der Waals surface area contributed by atoms with E-state index in [9.17, 15) is 28.5 Å². The number of halogens is 2. The Kier molecular flexibility index (Phi) is 5.38. The van der Waals surface area contributed by atoms with E-state index in [0.717, 1.165) is 18.2 Å².